The van der Waals surface area contributed by atoms with E-state index in [0.29, 0.717) is 0 Å². The second kappa shape index (κ2) is 5.23. The molecule has 0 spiro atoms. The predicted molar refractivity (Wildman–Crippen MR) is 77.1 cm³/mol. The lowest BCUT2D eigenvalue weighted by Gasteiger charge is -2.21. The van der Waals surface area contributed by atoms with Crippen LogP contribution in [-0.4, -0.2) is 7.05 Å². The van der Waals surface area contributed by atoms with Crippen LogP contribution in [0.1, 0.15) is 5.56 Å². The molecular formula is C14H15BrN2. The van der Waals surface area contributed by atoms with Gasteiger partial charge in [-0.15, -0.1) is 0 Å². The van der Waals surface area contributed by atoms with Gasteiger partial charge in [0.15, 0.2) is 0 Å². The molecule has 0 aliphatic heterocycles. The molecule has 88 valence electrons. The van der Waals surface area contributed by atoms with E-state index < -0.39 is 0 Å². The molecular weight excluding hydrogens is 276 g/mol. The van der Waals surface area contributed by atoms with E-state index >= 15 is 0 Å². The Morgan fingerprint density at radius 3 is 2.47 bits per heavy atom. The van der Waals surface area contributed by atoms with Crippen molar-refractivity contribution in [2.45, 2.75) is 6.54 Å². The van der Waals surface area contributed by atoms with E-state index in [0.717, 1.165) is 22.4 Å². The van der Waals surface area contributed by atoms with Gasteiger partial charge in [0.05, 0.1) is 11.4 Å². The van der Waals surface area contributed by atoms with E-state index in [9.17, 15) is 0 Å². The van der Waals surface area contributed by atoms with Crippen molar-refractivity contribution in [3.8, 4) is 0 Å². The summed E-state index contributed by atoms with van der Waals surface area (Å²) in [7, 11) is 2.05. The van der Waals surface area contributed by atoms with Crippen molar-refractivity contribution in [1.82, 2.24) is 0 Å². The van der Waals surface area contributed by atoms with Crippen molar-refractivity contribution in [3.63, 3.8) is 0 Å². The minimum absolute atomic E-state index is 0.790. The number of benzene rings is 2. The van der Waals surface area contributed by atoms with E-state index in [1.54, 1.807) is 0 Å². The molecule has 2 rings (SSSR count). The molecule has 0 heterocycles. The first-order valence-electron chi connectivity index (χ1n) is 5.47. The molecule has 0 aromatic heterocycles. The zero-order valence-electron chi connectivity index (χ0n) is 9.73. The van der Waals surface area contributed by atoms with Gasteiger partial charge in [-0.3, -0.25) is 0 Å². The van der Waals surface area contributed by atoms with Gasteiger partial charge in [0.1, 0.15) is 0 Å². The molecule has 3 heteroatoms. The first-order chi connectivity index (χ1) is 8.16. The summed E-state index contributed by atoms with van der Waals surface area (Å²) in [5, 5.41) is 0. The molecule has 0 unspecified atom stereocenters. The van der Waals surface area contributed by atoms with Crippen LogP contribution in [0.4, 0.5) is 11.4 Å². The number of anilines is 2. The fourth-order valence-corrected chi connectivity index (χ4v) is 2.19. The molecule has 0 saturated carbocycles. The van der Waals surface area contributed by atoms with Gasteiger partial charge in [0.25, 0.3) is 0 Å². The molecule has 2 N–H and O–H groups in total. The largest absolute Gasteiger partial charge is 0.397 e. The predicted octanol–water partition coefficient (Wildman–Crippen LogP) is 3.67. The topological polar surface area (TPSA) is 29.3 Å². The van der Waals surface area contributed by atoms with Gasteiger partial charge in [0, 0.05) is 18.1 Å². The highest BCUT2D eigenvalue weighted by molar-refractivity contribution is 9.10. The molecule has 2 nitrogen and oxygen atoms in total. The third kappa shape index (κ3) is 3.01. The molecule has 2 aromatic carbocycles. The minimum Gasteiger partial charge on any atom is -0.397 e. The monoisotopic (exact) mass is 290 g/mol. The summed E-state index contributed by atoms with van der Waals surface area (Å²) in [5.74, 6) is 0. The third-order valence-corrected chi connectivity index (χ3v) is 3.16. The van der Waals surface area contributed by atoms with Gasteiger partial charge < -0.3 is 10.6 Å². The van der Waals surface area contributed by atoms with Crippen molar-refractivity contribution in [1.29, 1.82) is 0 Å². The molecule has 0 atom stereocenters. The summed E-state index contributed by atoms with van der Waals surface area (Å²) in [6.07, 6.45) is 0. The fraction of sp³-hybridized carbons (Fsp3) is 0.143. The van der Waals surface area contributed by atoms with Crippen LogP contribution in [-0.2, 0) is 6.54 Å². The fourth-order valence-electron chi connectivity index (χ4n) is 1.82. The van der Waals surface area contributed by atoms with Crippen LogP contribution in [0.3, 0.4) is 0 Å². The molecule has 0 aliphatic rings. The average Bonchev–Trinajstić information content (AvgIpc) is 2.30. The van der Waals surface area contributed by atoms with Gasteiger partial charge >= 0.3 is 0 Å². The maximum Gasteiger partial charge on any atom is 0.0601 e. The molecule has 0 bridgehead atoms. The Morgan fingerprint density at radius 1 is 1.12 bits per heavy atom. The molecule has 0 aliphatic carbocycles. The lowest BCUT2D eigenvalue weighted by atomic mass is 10.2. The quantitative estimate of drug-likeness (QED) is 0.874. The number of nitrogen functional groups attached to an aromatic ring is 1. The third-order valence-electron chi connectivity index (χ3n) is 2.66. The molecule has 2 aromatic rings. The minimum atomic E-state index is 0.790. The molecule has 17 heavy (non-hydrogen) atoms. The summed E-state index contributed by atoms with van der Waals surface area (Å²) in [5.41, 5.74) is 9.12. The van der Waals surface area contributed by atoms with Crippen molar-refractivity contribution in [2.24, 2.45) is 0 Å². The number of halogens is 1. The summed E-state index contributed by atoms with van der Waals surface area (Å²) in [6.45, 7) is 0.854. The van der Waals surface area contributed by atoms with Crippen molar-refractivity contribution < 1.29 is 0 Å². The first-order valence-corrected chi connectivity index (χ1v) is 6.26. The summed E-state index contributed by atoms with van der Waals surface area (Å²) < 4.78 is 1.01. The van der Waals surface area contributed by atoms with Crippen LogP contribution >= 0.6 is 15.9 Å². The highest BCUT2D eigenvalue weighted by Gasteiger charge is 2.06. The number of hydrogen-bond donors (Lipinski definition) is 1. The maximum absolute atomic E-state index is 6.00. The van der Waals surface area contributed by atoms with Crippen molar-refractivity contribution in [2.75, 3.05) is 17.7 Å². The van der Waals surface area contributed by atoms with E-state index in [1.165, 1.54) is 5.56 Å². The number of hydrogen-bond acceptors (Lipinski definition) is 2. The van der Waals surface area contributed by atoms with Crippen LogP contribution in [0.5, 0.6) is 0 Å². The zero-order valence-corrected chi connectivity index (χ0v) is 11.3. The Morgan fingerprint density at radius 2 is 1.82 bits per heavy atom. The molecule has 0 radical (unpaired) electrons. The summed E-state index contributed by atoms with van der Waals surface area (Å²) in [6, 6.07) is 16.3. The highest BCUT2D eigenvalue weighted by atomic mass is 79.9. The highest BCUT2D eigenvalue weighted by Crippen LogP contribution is 2.26. The second-order valence-electron chi connectivity index (χ2n) is 4.04. The summed E-state index contributed by atoms with van der Waals surface area (Å²) >= 11 is 3.41. The maximum atomic E-state index is 6.00. The Bertz CT molecular complexity index is 497. The van der Waals surface area contributed by atoms with E-state index in [4.69, 9.17) is 5.73 Å². The normalized spacial score (nSPS) is 10.2. The Balaban J connectivity index is 2.17. The second-order valence-corrected chi connectivity index (χ2v) is 4.96. The standard InChI is InChI=1S/C14H15BrN2/c1-17(10-11-5-3-2-4-6-11)14-8-7-12(15)9-13(14)16/h2-9H,10,16H2,1H3. The van der Waals surface area contributed by atoms with Gasteiger partial charge in [-0.25, -0.2) is 0 Å². The van der Waals surface area contributed by atoms with Gasteiger partial charge in [-0.1, -0.05) is 46.3 Å². The smallest absolute Gasteiger partial charge is 0.0601 e. The molecule has 0 amide bonds. The zero-order chi connectivity index (χ0) is 12.3. The molecule has 0 fully saturated rings. The van der Waals surface area contributed by atoms with Crippen LogP contribution in [0.2, 0.25) is 0 Å². The van der Waals surface area contributed by atoms with Crippen molar-refractivity contribution in [3.05, 3.63) is 58.6 Å². The van der Waals surface area contributed by atoms with Gasteiger partial charge in [-0.05, 0) is 23.8 Å². The van der Waals surface area contributed by atoms with Crippen LogP contribution < -0.4 is 10.6 Å². The van der Waals surface area contributed by atoms with Crippen LogP contribution in [0, 0.1) is 0 Å². The van der Waals surface area contributed by atoms with E-state index in [-0.39, 0.29) is 0 Å². The summed E-state index contributed by atoms with van der Waals surface area (Å²) in [4.78, 5) is 2.15. The SMILES string of the molecule is CN(Cc1ccccc1)c1ccc(Br)cc1N. The number of nitrogens with zero attached hydrogens (tertiary/aromatic N) is 1. The van der Waals surface area contributed by atoms with Crippen LogP contribution in [0.25, 0.3) is 0 Å². The Labute approximate surface area is 110 Å². The van der Waals surface area contributed by atoms with E-state index in [1.807, 2.05) is 43.4 Å². The van der Waals surface area contributed by atoms with Gasteiger partial charge in [0.2, 0.25) is 0 Å². The number of rotatable bonds is 3. The average molecular weight is 291 g/mol. The first kappa shape index (κ1) is 12.0. The lowest BCUT2D eigenvalue weighted by molar-refractivity contribution is 0.924. The number of nitrogens with two attached hydrogens (primary N) is 1. The van der Waals surface area contributed by atoms with Crippen molar-refractivity contribution >= 4 is 27.3 Å². The molecule has 0 saturated heterocycles. The van der Waals surface area contributed by atoms with Crippen LogP contribution in [0.15, 0.2) is 53.0 Å². The Hall–Kier alpha value is -1.48. The van der Waals surface area contributed by atoms with Gasteiger partial charge in [-0.2, -0.15) is 0 Å². The lowest BCUT2D eigenvalue weighted by Crippen LogP contribution is -2.17. The Kier molecular flexibility index (Phi) is 3.69. The van der Waals surface area contributed by atoms with E-state index in [2.05, 4.69) is 33.0 Å².